The van der Waals surface area contributed by atoms with Gasteiger partial charge in [-0.25, -0.2) is 4.99 Å². The SMILES string of the molecule is Cc1nn(C)c(C)c1CCCNC(=NCC(=O)N(C)C)NC1CCCC1.I. The Morgan fingerprint density at radius 3 is 2.52 bits per heavy atom. The first-order valence-electron chi connectivity index (χ1n) is 9.62. The molecule has 154 valence electrons. The molecule has 27 heavy (non-hydrogen) atoms. The molecule has 0 saturated heterocycles. The maximum absolute atomic E-state index is 11.8. The molecular weight excluding hydrogens is 455 g/mol. The molecule has 1 aromatic heterocycles. The second-order valence-corrected chi connectivity index (χ2v) is 7.38. The van der Waals surface area contributed by atoms with Gasteiger partial charge in [-0.05, 0) is 45.1 Å². The number of guanidine groups is 1. The predicted molar refractivity (Wildman–Crippen MR) is 121 cm³/mol. The molecule has 0 atom stereocenters. The molecule has 0 bridgehead atoms. The zero-order valence-electron chi connectivity index (χ0n) is 17.3. The van der Waals surface area contributed by atoms with Crippen LogP contribution in [0.4, 0.5) is 0 Å². The number of hydrogen-bond donors (Lipinski definition) is 2. The molecule has 0 radical (unpaired) electrons. The third kappa shape index (κ3) is 7.31. The highest BCUT2D eigenvalue weighted by Crippen LogP contribution is 2.17. The molecule has 1 aromatic rings. The van der Waals surface area contributed by atoms with Crippen molar-refractivity contribution in [1.82, 2.24) is 25.3 Å². The molecule has 1 saturated carbocycles. The van der Waals surface area contributed by atoms with Gasteiger partial charge in [0.15, 0.2) is 5.96 Å². The van der Waals surface area contributed by atoms with Gasteiger partial charge in [-0.2, -0.15) is 5.10 Å². The Morgan fingerprint density at radius 2 is 1.96 bits per heavy atom. The van der Waals surface area contributed by atoms with Crippen LogP contribution in [0, 0.1) is 13.8 Å². The van der Waals surface area contributed by atoms with Crippen molar-refractivity contribution >= 4 is 35.8 Å². The third-order valence-corrected chi connectivity index (χ3v) is 5.12. The number of rotatable bonds is 7. The number of amides is 1. The van der Waals surface area contributed by atoms with Crippen LogP contribution >= 0.6 is 24.0 Å². The number of carbonyl (C=O) groups is 1. The Labute approximate surface area is 180 Å². The molecule has 8 heteroatoms. The van der Waals surface area contributed by atoms with Gasteiger partial charge in [0.25, 0.3) is 0 Å². The van der Waals surface area contributed by atoms with Crippen LogP contribution in [-0.2, 0) is 18.3 Å². The molecular formula is C19H35IN6O. The van der Waals surface area contributed by atoms with Crippen molar-refractivity contribution in [2.24, 2.45) is 12.0 Å². The van der Waals surface area contributed by atoms with Crippen molar-refractivity contribution in [2.45, 2.75) is 58.4 Å². The highest BCUT2D eigenvalue weighted by Gasteiger charge is 2.16. The lowest BCUT2D eigenvalue weighted by Crippen LogP contribution is -2.43. The summed E-state index contributed by atoms with van der Waals surface area (Å²) in [4.78, 5) is 17.9. The maximum Gasteiger partial charge on any atom is 0.243 e. The molecule has 7 nitrogen and oxygen atoms in total. The van der Waals surface area contributed by atoms with Crippen molar-refractivity contribution in [3.63, 3.8) is 0 Å². The fourth-order valence-corrected chi connectivity index (χ4v) is 3.36. The summed E-state index contributed by atoms with van der Waals surface area (Å²) in [5, 5.41) is 11.4. The number of hydrogen-bond acceptors (Lipinski definition) is 3. The molecule has 0 aliphatic heterocycles. The van der Waals surface area contributed by atoms with Gasteiger partial charge >= 0.3 is 0 Å². The number of aromatic nitrogens is 2. The van der Waals surface area contributed by atoms with Gasteiger partial charge in [-0.15, -0.1) is 24.0 Å². The largest absolute Gasteiger partial charge is 0.356 e. The minimum atomic E-state index is 0. The van der Waals surface area contributed by atoms with Gasteiger partial charge in [0.05, 0.1) is 5.69 Å². The summed E-state index contributed by atoms with van der Waals surface area (Å²) in [6, 6.07) is 0.471. The van der Waals surface area contributed by atoms with Crippen molar-refractivity contribution in [1.29, 1.82) is 0 Å². The summed E-state index contributed by atoms with van der Waals surface area (Å²) in [6.45, 7) is 5.18. The summed E-state index contributed by atoms with van der Waals surface area (Å²) < 4.78 is 1.94. The molecule has 0 unspecified atom stereocenters. The van der Waals surface area contributed by atoms with Gasteiger partial charge in [0.2, 0.25) is 5.91 Å². The van der Waals surface area contributed by atoms with Gasteiger partial charge in [-0.3, -0.25) is 9.48 Å². The molecule has 0 aromatic carbocycles. The van der Waals surface area contributed by atoms with E-state index < -0.39 is 0 Å². The fourth-order valence-electron chi connectivity index (χ4n) is 3.36. The molecule has 1 amide bonds. The average Bonchev–Trinajstić information content (AvgIpc) is 3.18. The quantitative estimate of drug-likeness (QED) is 0.266. The highest BCUT2D eigenvalue weighted by molar-refractivity contribution is 14.0. The van der Waals surface area contributed by atoms with Gasteiger partial charge in [-0.1, -0.05) is 12.8 Å². The Morgan fingerprint density at radius 1 is 1.30 bits per heavy atom. The van der Waals surface area contributed by atoms with Crippen LogP contribution in [0.3, 0.4) is 0 Å². The van der Waals surface area contributed by atoms with Crippen molar-refractivity contribution in [3.8, 4) is 0 Å². The van der Waals surface area contributed by atoms with Gasteiger partial charge < -0.3 is 15.5 Å². The molecule has 1 fully saturated rings. The Bertz CT molecular complexity index is 634. The number of aryl methyl sites for hydroxylation is 2. The number of nitrogens with one attached hydrogen (secondary N) is 2. The summed E-state index contributed by atoms with van der Waals surface area (Å²) in [5.41, 5.74) is 3.68. The number of aliphatic imine (C=N–C) groups is 1. The zero-order valence-corrected chi connectivity index (χ0v) is 19.7. The molecule has 0 spiro atoms. The predicted octanol–water partition coefficient (Wildman–Crippen LogP) is 2.15. The minimum Gasteiger partial charge on any atom is -0.356 e. The second-order valence-electron chi connectivity index (χ2n) is 7.38. The van der Waals surface area contributed by atoms with E-state index in [0.717, 1.165) is 31.0 Å². The van der Waals surface area contributed by atoms with Crippen LogP contribution in [0.15, 0.2) is 4.99 Å². The summed E-state index contributed by atoms with van der Waals surface area (Å²) in [6.07, 6.45) is 6.88. The third-order valence-electron chi connectivity index (χ3n) is 5.12. The molecule has 1 aliphatic carbocycles. The lowest BCUT2D eigenvalue weighted by molar-refractivity contribution is -0.127. The summed E-state index contributed by atoms with van der Waals surface area (Å²) in [7, 11) is 5.50. The van der Waals surface area contributed by atoms with E-state index >= 15 is 0 Å². The standard InChI is InChI=1S/C19H34N6O.HI/c1-14-17(15(2)25(5)23-14)11-8-12-20-19(21-13-18(26)24(3)4)22-16-9-6-7-10-16;/h16H,6-13H2,1-5H3,(H2,20,21,22);1H. The lowest BCUT2D eigenvalue weighted by Gasteiger charge is -2.18. The first kappa shape index (κ1) is 23.7. The van der Waals surface area contributed by atoms with E-state index in [1.54, 1.807) is 19.0 Å². The summed E-state index contributed by atoms with van der Waals surface area (Å²) >= 11 is 0. The monoisotopic (exact) mass is 490 g/mol. The van der Waals surface area contributed by atoms with E-state index in [1.165, 1.54) is 36.9 Å². The molecule has 1 aliphatic rings. The van der Waals surface area contributed by atoms with Gasteiger partial charge in [0.1, 0.15) is 6.54 Å². The van der Waals surface area contributed by atoms with E-state index in [1.807, 2.05) is 11.7 Å². The summed E-state index contributed by atoms with van der Waals surface area (Å²) in [5.74, 6) is 0.769. The van der Waals surface area contributed by atoms with E-state index in [9.17, 15) is 4.79 Å². The Hall–Kier alpha value is -1.32. The lowest BCUT2D eigenvalue weighted by atomic mass is 10.1. The number of halogens is 1. The first-order valence-corrected chi connectivity index (χ1v) is 9.62. The average molecular weight is 490 g/mol. The van der Waals surface area contributed by atoms with E-state index in [2.05, 4.69) is 34.6 Å². The van der Waals surface area contributed by atoms with Crippen molar-refractivity contribution in [3.05, 3.63) is 17.0 Å². The van der Waals surface area contributed by atoms with Crippen LogP contribution in [0.2, 0.25) is 0 Å². The molecule has 2 rings (SSSR count). The zero-order chi connectivity index (χ0) is 19.1. The van der Waals surface area contributed by atoms with Crippen LogP contribution in [0.5, 0.6) is 0 Å². The number of likely N-dealkylation sites (N-methyl/N-ethyl adjacent to an activating group) is 1. The Kier molecular flexibility index (Phi) is 10.1. The minimum absolute atomic E-state index is 0. The topological polar surface area (TPSA) is 74.5 Å². The van der Waals surface area contributed by atoms with E-state index in [-0.39, 0.29) is 36.4 Å². The smallest absolute Gasteiger partial charge is 0.243 e. The van der Waals surface area contributed by atoms with Crippen LogP contribution in [0.1, 0.15) is 49.1 Å². The van der Waals surface area contributed by atoms with E-state index in [0.29, 0.717) is 6.04 Å². The molecule has 1 heterocycles. The van der Waals surface area contributed by atoms with Crippen LogP contribution in [0.25, 0.3) is 0 Å². The first-order chi connectivity index (χ1) is 12.4. The number of nitrogens with zero attached hydrogens (tertiary/aromatic N) is 4. The number of carbonyl (C=O) groups excluding carboxylic acids is 1. The normalized spacial score (nSPS) is 14.8. The van der Waals surface area contributed by atoms with Crippen molar-refractivity contribution in [2.75, 3.05) is 27.2 Å². The van der Waals surface area contributed by atoms with E-state index in [4.69, 9.17) is 0 Å². The van der Waals surface area contributed by atoms with Crippen LogP contribution < -0.4 is 10.6 Å². The highest BCUT2D eigenvalue weighted by atomic mass is 127. The Balaban J connectivity index is 0.00000364. The molecule has 2 N–H and O–H groups in total. The maximum atomic E-state index is 11.8. The van der Waals surface area contributed by atoms with Gasteiger partial charge in [0, 0.05) is 39.4 Å². The fraction of sp³-hybridized carbons (Fsp3) is 0.737. The van der Waals surface area contributed by atoms with Crippen LogP contribution in [-0.4, -0.2) is 59.8 Å². The second kappa shape index (κ2) is 11.5. The van der Waals surface area contributed by atoms with Crippen molar-refractivity contribution < 1.29 is 4.79 Å².